The van der Waals surface area contributed by atoms with Gasteiger partial charge in [0.15, 0.2) is 0 Å². The van der Waals surface area contributed by atoms with Crippen molar-refractivity contribution in [3.05, 3.63) is 70.8 Å². The summed E-state index contributed by atoms with van der Waals surface area (Å²) < 4.78 is 0. The fourth-order valence-corrected chi connectivity index (χ4v) is 2.37. The molecular weight excluding hydrogens is 372 g/mol. The van der Waals surface area contributed by atoms with Crippen LogP contribution < -0.4 is 0 Å². The first-order chi connectivity index (χ1) is 13.4. The highest BCUT2D eigenvalue weighted by Gasteiger charge is 2.22. The highest BCUT2D eigenvalue weighted by molar-refractivity contribution is 5.91. The Morgan fingerprint density at radius 3 is 1.79 bits per heavy atom. The van der Waals surface area contributed by atoms with E-state index >= 15 is 0 Å². The maximum absolute atomic E-state index is 11.6. The van der Waals surface area contributed by atoms with Crippen molar-refractivity contribution in [2.24, 2.45) is 0 Å². The predicted octanol–water partition coefficient (Wildman–Crippen LogP) is 5.50. The molecule has 29 heavy (non-hydrogen) atoms. The van der Waals surface area contributed by atoms with Crippen molar-refractivity contribution in [3.63, 3.8) is 0 Å². The molecule has 0 aromatic heterocycles. The molecule has 0 atom stereocenters. The first-order valence-electron chi connectivity index (χ1n) is 9.27. The Morgan fingerprint density at radius 2 is 1.31 bits per heavy atom. The molecule has 2 rings (SSSR count). The van der Waals surface area contributed by atoms with Gasteiger partial charge in [0.05, 0.1) is 11.1 Å². The van der Waals surface area contributed by atoms with E-state index in [-0.39, 0.29) is 5.41 Å². The zero-order valence-electron chi connectivity index (χ0n) is 18.1. The zero-order chi connectivity index (χ0) is 22.2. The van der Waals surface area contributed by atoms with E-state index in [4.69, 9.17) is 15.0 Å². The lowest BCUT2D eigenvalue weighted by Crippen LogP contribution is -2.22. The molecule has 6 heteroatoms. The van der Waals surface area contributed by atoms with E-state index in [0.717, 1.165) is 11.1 Å². The summed E-state index contributed by atoms with van der Waals surface area (Å²) in [4.78, 5) is 36.2. The fourth-order valence-electron chi connectivity index (χ4n) is 2.37. The molecule has 158 valence electrons. The van der Waals surface area contributed by atoms with Crippen molar-refractivity contribution >= 4 is 11.9 Å². The molecule has 0 aliphatic heterocycles. The number of aryl methyl sites for hydroxylation is 1. The van der Waals surface area contributed by atoms with Crippen LogP contribution in [0.15, 0.2) is 48.5 Å². The van der Waals surface area contributed by atoms with E-state index in [2.05, 4.69) is 4.89 Å². The molecule has 6 nitrogen and oxygen atoms in total. The van der Waals surface area contributed by atoms with Gasteiger partial charge in [-0.1, -0.05) is 57.2 Å². The average Bonchev–Trinajstić information content (AvgIpc) is 2.65. The molecule has 0 aliphatic carbocycles. The summed E-state index contributed by atoms with van der Waals surface area (Å²) in [6.45, 7) is 13.3. The van der Waals surface area contributed by atoms with Crippen molar-refractivity contribution in [3.8, 4) is 0 Å². The molecule has 0 bridgehead atoms. The topological polar surface area (TPSA) is 82.1 Å². The van der Waals surface area contributed by atoms with Gasteiger partial charge >= 0.3 is 11.9 Å². The van der Waals surface area contributed by atoms with Gasteiger partial charge in [0.25, 0.3) is 0 Å². The highest BCUT2D eigenvalue weighted by Crippen LogP contribution is 2.25. The molecule has 2 aromatic carbocycles. The lowest BCUT2D eigenvalue weighted by atomic mass is 9.84. The van der Waals surface area contributed by atoms with Gasteiger partial charge in [-0.2, -0.15) is 10.1 Å². The monoisotopic (exact) mass is 402 g/mol. The third-order valence-electron chi connectivity index (χ3n) is 3.77. The summed E-state index contributed by atoms with van der Waals surface area (Å²) in [5.74, 6) is -1.17. The van der Waals surface area contributed by atoms with Crippen molar-refractivity contribution in [2.75, 3.05) is 0 Å². The quantitative estimate of drug-likeness (QED) is 0.539. The molecule has 2 aromatic rings. The van der Waals surface area contributed by atoms with Gasteiger partial charge in [-0.15, -0.1) is 0 Å². The summed E-state index contributed by atoms with van der Waals surface area (Å²) in [6, 6.07) is 14.3. The minimum Gasteiger partial charge on any atom is -0.295 e. The van der Waals surface area contributed by atoms with Gasteiger partial charge in [-0.25, -0.2) is 9.59 Å². The second-order valence-electron chi connectivity index (χ2n) is 8.56. The summed E-state index contributed by atoms with van der Waals surface area (Å²) in [6.07, 6.45) is 0. The van der Waals surface area contributed by atoms with Crippen LogP contribution >= 0.6 is 0 Å². The van der Waals surface area contributed by atoms with Crippen LogP contribution in [0.25, 0.3) is 0 Å². The minimum absolute atomic E-state index is 0.148. The Labute approximate surface area is 172 Å². The van der Waals surface area contributed by atoms with E-state index in [9.17, 15) is 9.59 Å². The molecule has 0 saturated heterocycles. The number of carbonyl (C=O) groups is 2. The average molecular weight is 402 g/mol. The summed E-state index contributed by atoms with van der Waals surface area (Å²) in [5.41, 5.74) is 2.03. The second kappa shape index (κ2) is 10.2. The smallest absolute Gasteiger partial charge is 0.295 e. The van der Waals surface area contributed by atoms with E-state index < -0.39 is 17.5 Å². The SMILES string of the molecule is CC(C)(C)c1ccccc1C(=O)OO.Cc1ccccc1C(=O)OOC(C)(C)C. The Morgan fingerprint density at radius 1 is 0.793 bits per heavy atom. The third-order valence-corrected chi connectivity index (χ3v) is 3.77. The van der Waals surface area contributed by atoms with E-state index in [1.807, 2.05) is 72.7 Å². The Kier molecular flexibility index (Phi) is 8.55. The molecule has 1 N–H and O–H groups in total. The van der Waals surface area contributed by atoms with Crippen molar-refractivity contribution in [2.45, 2.75) is 59.5 Å². The van der Waals surface area contributed by atoms with Gasteiger partial charge in [-0.3, -0.25) is 9.78 Å². The largest absolute Gasteiger partial charge is 0.373 e. The second-order valence-corrected chi connectivity index (χ2v) is 8.56. The summed E-state index contributed by atoms with van der Waals surface area (Å²) >= 11 is 0. The standard InChI is InChI=1S/C12H16O3.C11H14O3/c1-9-7-5-6-8-10(9)11(13)14-15-12(2,3)4;1-11(2,3)9-7-5-4-6-8(9)10(12)14-13/h5-8H,1-4H3;4-7,13H,1-3H3. The molecule has 0 saturated carbocycles. The van der Waals surface area contributed by atoms with Crippen molar-refractivity contribution in [1.82, 2.24) is 0 Å². The molecule has 0 aliphatic rings. The van der Waals surface area contributed by atoms with Crippen LogP contribution in [0, 0.1) is 6.92 Å². The van der Waals surface area contributed by atoms with E-state index in [0.29, 0.717) is 11.1 Å². The van der Waals surface area contributed by atoms with Crippen LogP contribution in [0.1, 0.15) is 73.4 Å². The van der Waals surface area contributed by atoms with Crippen LogP contribution in [0.4, 0.5) is 0 Å². The van der Waals surface area contributed by atoms with Crippen LogP contribution in [0.3, 0.4) is 0 Å². The zero-order valence-corrected chi connectivity index (χ0v) is 18.1. The summed E-state index contributed by atoms with van der Waals surface area (Å²) in [7, 11) is 0. The van der Waals surface area contributed by atoms with Crippen LogP contribution in [0.2, 0.25) is 0 Å². The molecule has 0 fully saturated rings. The van der Waals surface area contributed by atoms with Gasteiger partial charge < -0.3 is 0 Å². The molecule has 0 heterocycles. The number of hydrogen-bond acceptors (Lipinski definition) is 6. The fraction of sp³-hybridized carbons (Fsp3) is 0.391. The third kappa shape index (κ3) is 8.05. The van der Waals surface area contributed by atoms with Crippen LogP contribution in [-0.4, -0.2) is 22.8 Å². The number of rotatable bonds is 3. The van der Waals surface area contributed by atoms with Gasteiger partial charge in [-0.05, 0) is 56.4 Å². The predicted molar refractivity (Wildman–Crippen MR) is 111 cm³/mol. The normalized spacial score (nSPS) is 11.2. The van der Waals surface area contributed by atoms with Crippen LogP contribution in [0.5, 0.6) is 0 Å². The van der Waals surface area contributed by atoms with E-state index in [1.54, 1.807) is 24.3 Å². The number of hydrogen-bond donors (Lipinski definition) is 1. The lowest BCUT2D eigenvalue weighted by Gasteiger charge is -2.21. The first-order valence-corrected chi connectivity index (χ1v) is 9.27. The number of carbonyl (C=O) groups excluding carboxylic acids is 2. The molecule has 0 amide bonds. The maximum atomic E-state index is 11.6. The van der Waals surface area contributed by atoms with Crippen molar-refractivity contribution < 1.29 is 29.5 Å². The van der Waals surface area contributed by atoms with Crippen molar-refractivity contribution in [1.29, 1.82) is 0 Å². The Bertz CT molecular complexity index is 828. The van der Waals surface area contributed by atoms with Gasteiger partial charge in [0.1, 0.15) is 5.60 Å². The van der Waals surface area contributed by atoms with Gasteiger partial charge in [0.2, 0.25) is 0 Å². The molecule has 0 radical (unpaired) electrons. The van der Waals surface area contributed by atoms with Crippen LogP contribution in [-0.2, 0) is 20.1 Å². The maximum Gasteiger partial charge on any atom is 0.373 e. The Balaban J connectivity index is 0.000000291. The van der Waals surface area contributed by atoms with E-state index in [1.165, 1.54) is 0 Å². The highest BCUT2D eigenvalue weighted by atomic mass is 17.2. The molecule has 0 unspecified atom stereocenters. The minimum atomic E-state index is -0.712. The first kappa shape index (κ1) is 24.3. The lowest BCUT2D eigenvalue weighted by molar-refractivity contribution is -0.301. The Hall–Kier alpha value is -2.70. The molecule has 0 spiro atoms. The number of benzene rings is 2. The molecular formula is C23H30O6. The summed E-state index contributed by atoms with van der Waals surface area (Å²) in [5, 5.41) is 8.33. The van der Waals surface area contributed by atoms with Gasteiger partial charge in [0, 0.05) is 0 Å².